The van der Waals surface area contributed by atoms with Crippen molar-refractivity contribution in [3.63, 3.8) is 0 Å². The zero-order valence-corrected chi connectivity index (χ0v) is 22.7. The third-order valence-electron chi connectivity index (χ3n) is 5.12. The Bertz CT molecular complexity index is 1230. The lowest BCUT2D eigenvalue weighted by Crippen LogP contribution is -2.65. The van der Waals surface area contributed by atoms with E-state index in [1.807, 2.05) is 0 Å². The van der Waals surface area contributed by atoms with Gasteiger partial charge >= 0.3 is 23.8 Å². The molecule has 0 atom stereocenters. The van der Waals surface area contributed by atoms with E-state index in [-0.39, 0.29) is 21.9 Å². The summed E-state index contributed by atoms with van der Waals surface area (Å²) in [5.41, 5.74) is -0.413. The second kappa shape index (κ2) is 13.3. The van der Waals surface area contributed by atoms with Crippen LogP contribution in [0.25, 0.3) is 0 Å². The zero-order chi connectivity index (χ0) is 30.3. The van der Waals surface area contributed by atoms with E-state index in [0.717, 1.165) is 0 Å². The van der Waals surface area contributed by atoms with E-state index < -0.39 is 89.4 Å². The Morgan fingerprint density at radius 2 is 1.55 bits per heavy atom. The number of rotatable bonds is 11. The van der Waals surface area contributed by atoms with Crippen LogP contribution in [-0.4, -0.2) is 97.7 Å². The Morgan fingerprint density at radius 3 is 2.12 bits per heavy atom. The summed E-state index contributed by atoms with van der Waals surface area (Å²) < 4.78 is 3.13. The quantitative estimate of drug-likeness (QED) is 0.114. The minimum atomic E-state index is -2.14. The molecule has 0 unspecified atom stereocenters. The maximum atomic E-state index is 12.5. The summed E-state index contributed by atoms with van der Waals surface area (Å²) in [4.78, 5) is 96.3. The molecular weight excluding hydrogens is 552 g/mol. The number of aliphatic carboxylic acids is 1. The first-order valence-corrected chi connectivity index (χ1v) is 12.8. The van der Waals surface area contributed by atoms with Crippen molar-refractivity contribution in [3.8, 4) is 0 Å². The number of hydrogen-bond acceptors (Lipinski definition) is 11. The molecule has 0 aromatic heterocycles. The summed E-state index contributed by atoms with van der Waals surface area (Å²) in [6.45, 7) is 2.40. The number of quaternary nitrogens is 1. The topological polar surface area (TPSA) is 214 Å². The number of hydroxylamine groups is 2. The number of carboxylic acids is 1. The Kier molecular flexibility index (Phi) is 10.6. The van der Waals surface area contributed by atoms with E-state index in [0.29, 0.717) is 11.8 Å². The van der Waals surface area contributed by atoms with Crippen molar-refractivity contribution in [1.82, 2.24) is 15.6 Å². The highest BCUT2D eigenvalue weighted by molar-refractivity contribution is 8.14. The van der Waals surface area contributed by atoms with Crippen LogP contribution >= 0.6 is 11.8 Å². The Labute approximate surface area is 232 Å². The van der Waals surface area contributed by atoms with Gasteiger partial charge in [-0.25, -0.2) is 14.4 Å². The molecule has 0 aliphatic carbocycles. The van der Waals surface area contributed by atoms with E-state index in [4.69, 9.17) is 9.84 Å². The van der Waals surface area contributed by atoms with Gasteiger partial charge in [0, 0.05) is 10.3 Å². The lowest BCUT2D eigenvalue weighted by Gasteiger charge is -2.29. The largest absolute Gasteiger partial charge is 0.480 e. The molecule has 1 aromatic carbocycles. The highest BCUT2D eigenvalue weighted by atomic mass is 32.2. The third-order valence-corrected chi connectivity index (χ3v) is 6.03. The van der Waals surface area contributed by atoms with Crippen LogP contribution in [0, 0.1) is 0 Å². The maximum absolute atomic E-state index is 12.5. The number of nitrogens with zero attached hydrogens (tertiary/aromatic N) is 2. The van der Waals surface area contributed by atoms with Crippen molar-refractivity contribution in [2.24, 2.45) is 0 Å². The van der Waals surface area contributed by atoms with Crippen molar-refractivity contribution >= 4 is 58.4 Å². The Morgan fingerprint density at radius 1 is 0.975 bits per heavy atom. The minimum Gasteiger partial charge on any atom is -0.480 e. The molecule has 0 spiro atoms. The second-order valence-electron chi connectivity index (χ2n) is 9.45. The summed E-state index contributed by atoms with van der Waals surface area (Å²) in [5.74, 6) is -7.62. The fourth-order valence-electron chi connectivity index (χ4n) is 3.30. The van der Waals surface area contributed by atoms with Gasteiger partial charge in [0.05, 0.1) is 30.7 Å². The predicted molar refractivity (Wildman–Crippen MR) is 135 cm³/mol. The van der Waals surface area contributed by atoms with Crippen LogP contribution in [0.4, 0.5) is 0 Å². The summed E-state index contributed by atoms with van der Waals surface area (Å²) in [5, 5.41) is 23.3. The van der Waals surface area contributed by atoms with Gasteiger partial charge in [-0.2, -0.15) is 5.21 Å². The minimum absolute atomic E-state index is 0.124. The molecule has 0 saturated carbocycles. The highest BCUT2D eigenvalue weighted by Crippen LogP contribution is 2.23. The molecule has 16 heteroatoms. The molecule has 1 aliphatic heterocycles. The molecule has 40 heavy (non-hydrogen) atoms. The standard InChI is InChI=1S/C24H28N4O11S/c1-24(2,3)39-22(36)14-5-4-6-15(9-14)23(37)40-13-17(30)25-10-16(29)26-11-18(31)27(12-21(34)35)28(38)19(32)7-8-20(28)33/h4-6,9,38H,7-8,10-13H2,1-3H3,(H2-,25,26,29,30,34,35)/p+1. The summed E-state index contributed by atoms with van der Waals surface area (Å²) in [6, 6.07) is 5.77. The zero-order valence-electron chi connectivity index (χ0n) is 21.9. The van der Waals surface area contributed by atoms with Crippen molar-refractivity contribution < 1.29 is 58.2 Å². The molecule has 1 fully saturated rings. The number of carbonyl (C=O) groups excluding carboxylic acids is 7. The smallest absolute Gasteiger partial charge is 0.379 e. The molecule has 0 radical (unpaired) electrons. The van der Waals surface area contributed by atoms with Crippen LogP contribution in [0.2, 0.25) is 0 Å². The van der Waals surface area contributed by atoms with Crippen LogP contribution in [0.1, 0.15) is 54.3 Å². The number of imide groups is 1. The van der Waals surface area contributed by atoms with Gasteiger partial charge in [-0.15, -0.1) is 5.01 Å². The van der Waals surface area contributed by atoms with Crippen LogP contribution in [0.15, 0.2) is 24.3 Å². The fourth-order valence-corrected chi connectivity index (χ4v) is 3.95. The molecule has 2 rings (SSSR count). The number of hydrogen-bond donors (Lipinski definition) is 4. The molecule has 1 saturated heterocycles. The lowest BCUT2D eigenvalue weighted by atomic mass is 10.1. The molecule has 4 N–H and O–H groups in total. The predicted octanol–water partition coefficient (Wildman–Crippen LogP) is -0.371. The van der Waals surface area contributed by atoms with E-state index in [2.05, 4.69) is 10.6 Å². The normalized spacial score (nSPS) is 14.3. The number of esters is 1. The SMILES string of the molecule is CC(C)(C)OC(=O)c1cccc(C(=O)SCC(=O)NCC(=O)NCC(=O)N(CC(=O)O)[N+]2(O)C(=O)CCC2=O)c1. The van der Waals surface area contributed by atoms with Gasteiger partial charge in [0.25, 0.3) is 5.91 Å². The van der Waals surface area contributed by atoms with Gasteiger partial charge in [-0.05, 0) is 32.9 Å². The van der Waals surface area contributed by atoms with Crippen molar-refractivity contribution in [3.05, 3.63) is 35.4 Å². The maximum Gasteiger partial charge on any atom is 0.379 e. The number of amides is 5. The van der Waals surface area contributed by atoms with E-state index in [9.17, 15) is 43.6 Å². The van der Waals surface area contributed by atoms with Gasteiger partial charge in [0.2, 0.25) is 16.9 Å². The second-order valence-corrected chi connectivity index (χ2v) is 10.4. The van der Waals surface area contributed by atoms with Crippen LogP contribution in [0.3, 0.4) is 0 Å². The molecule has 1 heterocycles. The summed E-state index contributed by atoms with van der Waals surface area (Å²) in [7, 11) is 0. The number of carbonyl (C=O) groups is 8. The first-order valence-electron chi connectivity index (χ1n) is 11.8. The molecule has 5 amide bonds. The Balaban J connectivity index is 1.84. The van der Waals surface area contributed by atoms with Gasteiger partial charge in [-0.3, -0.25) is 24.0 Å². The average molecular weight is 582 g/mol. The monoisotopic (exact) mass is 581 g/mol. The van der Waals surface area contributed by atoms with Gasteiger partial charge in [0.1, 0.15) is 12.1 Å². The third kappa shape index (κ3) is 8.69. The molecule has 1 aliphatic rings. The van der Waals surface area contributed by atoms with E-state index in [1.165, 1.54) is 24.3 Å². The van der Waals surface area contributed by atoms with Crippen molar-refractivity contribution in [2.45, 2.75) is 39.2 Å². The number of ether oxygens (including phenoxy) is 1. The summed E-state index contributed by atoms with van der Waals surface area (Å²) in [6.07, 6.45) is -0.792. The lowest BCUT2D eigenvalue weighted by molar-refractivity contribution is -1.05. The van der Waals surface area contributed by atoms with E-state index >= 15 is 0 Å². The molecule has 216 valence electrons. The highest BCUT2D eigenvalue weighted by Gasteiger charge is 2.58. The number of thioether (sulfide) groups is 1. The fraction of sp³-hybridized carbons (Fsp3) is 0.417. The van der Waals surface area contributed by atoms with Crippen LogP contribution in [0.5, 0.6) is 0 Å². The number of carboxylic acid groups (broad SMARTS) is 1. The molecule has 0 bridgehead atoms. The van der Waals surface area contributed by atoms with Gasteiger partial charge < -0.3 is 20.5 Å². The van der Waals surface area contributed by atoms with Crippen LogP contribution < -0.4 is 10.6 Å². The van der Waals surface area contributed by atoms with E-state index in [1.54, 1.807) is 20.8 Å². The first-order chi connectivity index (χ1) is 18.5. The van der Waals surface area contributed by atoms with Crippen LogP contribution in [-0.2, 0) is 33.5 Å². The van der Waals surface area contributed by atoms with Gasteiger partial charge in [0.15, 0.2) is 6.54 Å². The molecule has 1 aromatic rings. The van der Waals surface area contributed by atoms with Crippen molar-refractivity contribution in [2.75, 3.05) is 25.4 Å². The Hall–Kier alpha value is -4.15. The number of benzene rings is 1. The molecule has 15 nitrogen and oxygen atoms in total. The average Bonchev–Trinajstić information content (AvgIpc) is 3.14. The first kappa shape index (κ1) is 32.1. The van der Waals surface area contributed by atoms with Crippen molar-refractivity contribution in [1.29, 1.82) is 0 Å². The molecular formula is C24H29N4O11S+. The van der Waals surface area contributed by atoms with Gasteiger partial charge in [-0.1, -0.05) is 23.9 Å². The summed E-state index contributed by atoms with van der Waals surface area (Å²) >= 11 is 0.620. The number of nitrogens with one attached hydrogen (secondary N) is 2.